The molecule has 1 N–H and O–H groups in total. The number of benzene rings is 2. The van der Waals surface area contributed by atoms with E-state index in [9.17, 15) is 18.0 Å². The number of ketones is 1. The summed E-state index contributed by atoms with van der Waals surface area (Å²) in [6.07, 6.45) is 6.72. The molecule has 8 heteroatoms. The minimum atomic E-state index is -3.91. The molecule has 2 heterocycles. The average Bonchev–Trinajstić information content (AvgIpc) is 3.55. The number of hydrogen-bond donors (Lipinski definition) is 1. The molecule has 0 radical (unpaired) electrons. The smallest absolute Gasteiger partial charge is 0.303 e. The van der Waals surface area contributed by atoms with Crippen LogP contribution < -0.4 is 4.72 Å². The van der Waals surface area contributed by atoms with E-state index in [-0.39, 0.29) is 17.3 Å². The summed E-state index contributed by atoms with van der Waals surface area (Å²) >= 11 is 0. The van der Waals surface area contributed by atoms with Crippen molar-refractivity contribution in [3.8, 4) is 11.3 Å². The number of Topliss-reactive ketones (excluding diaryl/α,β-unsaturated/α-hetero) is 1. The Labute approximate surface area is 218 Å². The van der Waals surface area contributed by atoms with Crippen molar-refractivity contribution >= 4 is 32.8 Å². The molecule has 2 unspecified atom stereocenters. The average molecular weight is 520 g/mol. The number of nitrogens with zero attached hydrogens (tertiary/aromatic N) is 2. The number of fused-ring (bicyclic) bond motifs is 7. The lowest BCUT2D eigenvalue weighted by molar-refractivity contribution is -0.122. The molecule has 37 heavy (non-hydrogen) atoms. The van der Waals surface area contributed by atoms with Gasteiger partial charge in [-0.2, -0.15) is 12.7 Å². The first-order valence-electron chi connectivity index (χ1n) is 13.1. The number of carbonyl (C=O) groups is 2. The highest BCUT2D eigenvalue weighted by atomic mass is 32.2. The van der Waals surface area contributed by atoms with Crippen molar-refractivity contribution in [2.75, 3.05) is 14.1 Å². The molecule has 2 aromatic carbocycles. The van der Waals surface area contributed by atoms with E-state index in [0.29, 0.717) is 12.5 Å². The molecule has 3 aliphatic rings. The SMILES string of the molecule is CC(=O)C12CC1c1ccccc1-c1c(C3CCCCC3)c3ccc(C(=O)NS(=O)(=O)N(C)C)cc3n1C2. The van der Waals surface area contributed by atoms with Gasteiger partial charge in [-0.05, 0) is 61.3 Å². The first-order valence-corrected chi connectivity index (χ1v) is 14.6. The Morgan fingerprint density at radius 1 is 1.05 bits per heavy atom. The van der Waals surface area contributed by atoms with Crippen molar-refractivity contribution in [2.24, 2.45) is 5.41 Å². The zero-order valence-corrected chi connectivity index (χ0v) is 22.4. The van der Waals surface area contributed by atoms with Crippen molar-refractivity contribution in [1.29, 1.82) is 0 Å². The largest absolute Gasteiger partial charge is 0.339 e. The number of carbonyl (C=O) groups excluding carboxylic acids is 2. The van der Waals surface area contributed by atoms with E-state index in [4.69, 9.17) is 0 Å². The van der Waals surface area contributed by atoms with Crippen molar-refractivity contribution in [1.82, 2.24) is 13.6 Å². The summed E-state index contributed by atoms with van der Waals surface area (Å²) < 4.78 is 30.0. The summed E-state index contributed by atoms with van der Waals surface area (Å²) in [4.78, 5) is 26.0. The van der Waals surface area contributed by atoms with Crippen molar-refractivity contribution in [2.45, 2.75) is 63.8 Å². The van der Waals surface area contributed by atoms with Crippen LogP contribution in [-0.4, -0.2) is 43.1 Å². The third-order valence-corrected chi connectivity index (χ3v) is 10.3. The number of aromatic nitrogens is 1. The first kappa shape index (κ1) is 24.4. The van der Waals surface area contributed by atoms with Crippen LogP contribution in [0.3, 0.4) is 0 Å². The topological polar surface area (TPSA) is 88.5 Å². The predicted molar refractivity (Wildman–Crippen MR) is 144 cm³/mol. The number of hydrogen-bond acceptors (Lipinski definition) is 4. The van der Waals surface area contributed by atoms with Crippen molar-refractivity contribution in [3.05, 3.63) is 59.2 Å². The second kappa shape index (κ2) is 8.53. The lowest BCUT2D eigenvalue weighted by Gasteiger charge is -2.24. The van der Waals surface area contributed by atoms with Crippen LogP contribution in [0, 0.1) is 5.41 Å². The van der Waals surface area contributed by atoms with Crippen LogP contribution >= 0.6 is 0 Å². The molecular formula is C29H33N3O4S. The van der Waals surface area contributed by atoms with E-state index < -0.39 is 21.5 Å². The molecule has 7 nitrogen and oxygen atoms in total. The fourth-order valence-corrected chi connectivity index (χ4v) is 7.27. The summed E-state index contributed by atoms with van der Waals surface area (Å²) in [6.45, 7) is 2.27. The molecule has 6 rings (SSSR count). The Hall–Kier alpha value is -2.97. The molecule has 194 valence electrons. The fourth-order valence-electron chi connectivity index (χ4n) is 6.73. The highest BCUT2D eigenvalue weighted by Gasteiger charge is 2.60. The number of amides is 1. The maximum atomic E-state index is 13.0. The summed E-state index contributed by atoms with van der Waals surface area (Å²) in [7, 11) is -1.15. The van der Waals surface area contributed by atoms with Crippen molar-refractivity contribution in [3.63, 3.8) is 0 Å². The molecule has 0 bridgehead atoms. The molecule has 2 aliphatic carbocycles. The van der Waals surface area contributed by atoms with Gasteiger partial charge in [0.05, 0.1) is 11.1 Å². The van der Waals surface area contributed by atoms with Crippen molar-refractivity contribution < 1.29 is 18.0 Å². The summed E-state index contributed by atoms with van der Waals surface area (Å²) in [6, 6.07) is 14.0. The lowest BCUT2D eigenvalue weighted by atomic mass is 9.81. The molecule has 1 aromatic heterocycles. The highest BCUT2D eigenvalue weighted by Crippen LogP contribution is 2.65. The Kier molecular flexibility index (Phi) is 5.62. The normalized spacial score (nSPS) is 23.2. The van der Waals surface area contributed by atoms with Gasteiger partial charge in [-0.3, -0.25) is 9.59 Å². The van der Waals surface area contributed by atoms with Crippen LogP contribution in [0.25, 0.3) is 22.2 Å². The zero-order valence-electron chi connectivity index (χ0n) is 21.6. The first-order chi connectivity index (χ1) is 17.6. The van der Waals surface area contributed by atoms with E-state index in [2.05, 4.69) is 33.6 Å². The molecule has 1 amide bonds. The van der Waals surface area contributed by atoms with E-state index in [1.165, 1.54) is 55.7 Å². The van der Waals surface area contributed by atoms with E-state index >= 15 is 0 Å². The van der Waals surface area contributed by atoms with Gasteiger partial charge in [-0.25, -0.2) is 4.72 Å². The Balaban J connectivity index is 1.59. The van der Waals surface area contributed by atoms with Gasteiger partial charge in [0, 0.05) is 42.7 Å². The summed E-state index contributed by atoms with van der Waals surface area (Å²) in [5.74, 6) is 0.154. The molecule has 3 aromatic rings. The molecule has 2 fully saturated rings. The molecule has 0 spiro atoms. The van der Waals surface area contributed by atoms with Crippen LogP contribution in [0.15, 0.2) is 42.5 Å². The van der Waals surface area contributed by atoms with Gasteiger partial charge in [0.15, 0.2) is 0 Å². The fraction of sp³-hybridized carbons (Fsp3) is 0.448. The van der Waals surface area contributed by atoms with Gasteiger partial charge >= 0.3 is 10.2 Å². The summed E-state index contributed by atoms with van der Waals surface area (Å²) in [5.41, 5.74) is 5.66. The Morgan fingerprint density at radius 3 is 2.49 bits per heavy atom. The molecule has 0 saturated heterocycles. The van der Waals surface area contributed by atoms with Gasteiger partial charge in [0.2, 0.25) is 0 Å². The maximum absolute atomic E-state index is 13.0. The van der Waals surface area contributed by atoms with Gasteiger partial charge in [-0.15, -0.1) is 0 Å². The minimum absolute atomic E-state index is 0.201. The van der Waals surface area contributed by atoms with Gasteiger partial charge in [0.1, 0.15) is 5.78 Å². The molecule has 2 saturated carbocycles. The van der Waals surface area contributed by atoms with E-state index in [0.717, 1.165) is 34.5 Å². The number of rotatable bonds is 5. The lowest BCUT2D eigenvalue weighted by Crippen LogP contribution is -2.39. The monoisotopic (exact) mass is 519 g/mol. The van der Waals surface area contributed by atoms with Crippen LogP contribution in [0.5, 0.6) is 0 Å². The van der Waals surface area contributed by atoms with Crippen LogP contribution in [0.1, 0.15) is 78.8 Å². The van der Waals surface area contributed by atoms with Crippen LogP contribution in [0.2, 0.25) is 0 Å². The summed E-state index contributed by atoms with van der Waals surface area (Å²) in [5, 5.41) is 1.10. The minimum Gasteiger partial charge on any atom is -0.339 e. The Morgan fingerprint density at radius 2 is 1.78 bits per heavy atom. The third kappa shape index (κ3) is 3.76. The van der Waals surface area contributed by atoms with Crippen LogP contribution in [0.4, 0.5) is 0 Å². The van der Waals surface area contributed by atoms with Gasteiger partial charge in [0.25, 0.3) is 5.91 Å². The number of nitrogens with one attached hydrogen (secondary N) is 1. The zero-order chi connectivity index (χ0) is 26.1. The molecule has 2 atom stereocenters. The third-order valence-electron chi connectivity index (χ3n) is 8.89. The van der Waals surface area contributed by atoms with E-state index in [1.54, 1.807) is 13.0 Å². The van der Waals surface area contributed by atoms with Gasteiger partial charge in [-0.1, -0.05) is 49.6 Å². The van der Waals surface area contributed by atoms with E-state index in [1.807, 2.05) is 12.1 Å². The quantitative estimate of drug-likeness (QED) is 0.516. The second-order valence-electron chi connectivity index (χ2n) is 11.2. The van der Waals surface area contributed by atoms with Gasteiger partial charge < -0.3 is 4.57 Å². The van der Waals surface area contributed by atoms with Crippen LogP contribution in [-0.2, 0) is 21.5 Å². The molecular weight excluding hydrogens is 486 g/mol. The second-order valence-corrected chi connectivity index (χ2v) is 13.1. The predicted octanol–water partition coefficient (Wildman–Crippen LogP) is 4.97. The standard InChI is InChI=1S/C29H33N3O4S/c1-18(33)29-16-24(29)21-11-7-8-12-22(21)27-26(19-9-5-4-6-10-19)23-14-13-20(15-25(23)32(27)17-29)28(34)30-37(35,36)31(2)3/h7-8,11-15,19,24H,4-6,9-10,16-17H2,1-3H3,(H,30,34). The Bertz CT molecular complexity index is 1550. The highest BCUT2D eigenvalue weighted by molar-refractivity contribution is 7.87. The maximum Gasteiger partial charge on any atom is 0.303 e. The molecule has 1 aliphatic heterocycles.